The minimum absolute atomic E-state index is 0.312. The van der Waals surface area contributed by atoms with Gasteiger partial charge in [-0.25, -0.2) is 0 Å². The standard InChI is InChI=1S/C14H29N3O/c1-5-14(6-2)7-8-17(10-14)11(3)9-13(4,16)12(15)18/h11H,5-10,16H2,1-4H3,(H2,15,18). The molecule has 0 aromatic rings. The van der Waals surface area contributed by atoms with Crippen LogP contribution in [0.2, 0.25) is 0 Å². The first-order valence-corrected chi connectivity index (χ1v) is 7.09. The van der Waals surface area contributed by atoms with Gasteiger partial charge in [0.05, 0.1) is 5.54 Å². The molecule has 0 bridgehead atoms. The quantitative estimate of drug-likeness (QED) is 0.755. The number of likely N-dealkylation sites (tertiary alicyclic amines) is 1. The molecule has 2 unspecified atom stereocenters. The van der Waals surface area contributed by atoms with E-state index in [-0.39, 0.29) is 0 Å². The molecule has 0 aromatic heterocycles. The second-order valence-electron chi connectivity index (χ2n) is 6.26. The Morgan fingerprint density at radius 3 is 2.39 bits per heavy atom. The van der Waals surface area contributed by atoms with E-state index in [4.69, 9.17) is 11.5 Å². The van der Waals surface area contributed by atoms with Crippen LogP contribution < -0.4 is 11.5 Å². The van der Waals surface area contributed by atoms with Gasteiger partial charge in [0.2, 0.25) is 5.91 Å². The molecule has 0 saturated carbocycles. The predicted molar refractivity (Wildman–Crippen MR) is 75.1 cm³/mol. The summed E-state index contributed by atoms with van der Waals surface area (Å²) in [6.07, 6.45) is 4.33. The van der Waals surface area contributed by atoms with Crippen molar-refractivity contribution in [3.05, 3.63) is 0 Å². The summed E-state index contributed by atoms with van der Waals surface area (Å²) in [4.78, 5) is 13.7. The Balaban J connectivity index is 2.60. The maximum atomic E-state index is 11.3. The van der Waals surface area contributed by atoms with Crippen LogP contribution in [0.4, 0.5) is 0 Å². The summed E-state index contributed by atoms with van der Waals surface area (Å²) < 4.78 is 0. The second-order valence-corrected chi connectivity index (χ2v) is 6.26. The number of rotatable bonds is 6. The molecule has 0 radical (unpaired) electrons. The van der Waals surface area contributed by atoms with E-state index in [0.29, 0.717) is 17.9 Å². The molecule has 1 aliphatic heterocycles. The van der Waals surface area contributed by atoms with Gasteiger partial charge >= 0.3 is 0 Å². The zero-order valence-electron chi connectivity index (χ0n) is 12.3. The third-order valence-electron chi connectivity index (χ3n) is 4.87. The van der Waals surface area contributed by atoms with Crippen LogP contribution in [0.25, 0.3) is 0 Å². The van der Waals surface area contributed by atoms with E-state index >= 15 is 0 Å². The fourth-order valence-electron chi connectivity index (χ4n) is 3.02. The van der Waals surface area contributed by atoms with Gasteiger partial charge in [0.15, 0.2) is 0 Å². The molecule has 1 amide bonds. The number of primary amides is 1. The van der Waals surface area contributed by atoms with E-state index in [0.717, 1.165) is 13.1 Å². The summed E-state index contributed by atoms with van der Waals surface area (Å²) in [5.41, 5.74) is 10.9. The highest BCUT2D eigenvalue weighted by molar-refractivity contribution is 5.83. The molecule has 1 fully saturated rings. The van der Waals surface area contributed by atoms with Crippen molar-refractivity contribution in [2.24, 2.45) is 16.9 Å². The van der Waals surface area contributed by atoms with Crippen LogP contribution in [-0.4, -0.2) is 35.5 Å². The van der Waals surface area contributed by atoms with Gasteiger partial charge in [0.1, 0.15) is 0 Å². The van der Waals surface area contributed by atoms with Crippen LogP contribution in [0.1, 0.15) is 53.4 Å². The normalized spacial score (nSPS) is 24.7. The average Bonchev–Trinajstić information content (AvgIpc) is 2.73. The molecule has 1 rings (SSSR count). The fraction of sp³-hybridized carbons (Fsp3) is 0.929. The lowest BCUT2D eigenvalue weighted by Gasteiger charge is -2.33. The number of amides is 1. The summed E-state index contributed by atoms with van der Waals surface area (Å²) in [7, 11) is 0. The first-order valence-electron chi connectivity index (χ1n) is 7.09. The van der Waals surface area contributed by atoms with E-state index in [9.17, 15) is 4.79 Å². The Hall–Kier alpha value is -0.610. The lowest BCUT2D eigenvalue weighted by Crippen LogP contribution is -2.53. The van der Waals surface area contributed by atoms with Crippen molar-refractivity contribution in [3.63, 3.8) is 0 Å². The van der Waals surface area contributed by atoms with Crippen LogP contribution >= 0.6 is 0 Å². The van der Waals surface area contributed by atoms with Crippen LogP contribution in [0.15, 0.2) is 0 Å². The van der Waals surface area contributed by atoms with Crippen molar-refractivity contribution >= 4 is 5.91 Å². The van der Waals surface area contributed by atoms with E-state index in [1.54, 1.807) is 6.92 Å². The summed E-state index contributed by atoms with van der Waals surface area (Å²) in [5.74, 6) is -0.411. The van der Waals surface area contributed by atoms with Gasteiger partial charge in [-0.1, -0.05) is 13.8 Å². The van der Waals surface area contributed by atoms with Gasteiger partial charge in [-0.15, -0.1) is 0 Å². The molecule has 4 nitrogen and oxygen atoms in total. The van der Waals surface area contributed by atoms with E-state index < -0.39 is 11.4 Å². The first kappa shape index (κ1) is 15.4. The fourth-order valence-corrected chi connectivity index (χ4v) is 3.02. The number of nitrogens with zero attached hydrogens (tertiary/aromatic N) is 1. The maximum Gasteiger partial charge on any atom is 0.237 e. The van der Waals surface area contributed by atoms with E-state index in [1.807, 2.05) is 0 Å². The number of carbonyl (C=O) groups is 1. The molecule has 0 aromatic carbocycles. The van der Waals surface area contributed by atoms with Crippen molar-refractivity contribution in [2.45, 2.75) is 65.0 Å². The lowest BCUT2D eigenvalue weighted by molar-refractivity contribution is -0.123. The van der Waals surface area contributed by atoms with E-state index in [1.165, 1.54) is 19.3 Å². The maximum absolute atomic E-state index is 11.3. The first-order chi connectivity index (χ1) is 8.26. The Morgan fingerprint density at radius 1 is 1.44 bits per heavy atom. The number of nitrogens with two attached hydrogens (primary N) is 2. The van der Waals surface area contributed by atoms with Crippen LogP contribution in [-0.2, 0) is 4.79 Å². The van der Waals surface area contributed by atoms with Gasteiger partial charge in [-0.2, -0.15) is 0 Å². The van der Waals surface area contributed by atoms with Gasteiger partial charge in [0.25, 0.3) is 0 Å². The summed E-state index contributed by atoms with van der Waals surface area (Å²) in [6.45, 7) is 10.7. The Morgan fingerprint density at radius 2 is 2.00 bits per heavy atom. The van der Waals surface area contributed by atoms with Crippen molar-refractivity contribution in [3.8, 4) is 0 Å². The van der Waals surface area contributed by atoms with Crippen molar-refractivity contribution in [1.29, 1.82) is 0 Å². The van der Waals surface area contributed by atoms with Crippen molar-refractivity contribution in [1.82, 2.24) is 4.90 Å². The average molecular weight is 255 g/mol. The molecule has 4 N–H and O–H groups in total. The van der Waals surface area contributed by atoms with Gasteiger partial charge in [-0.05, 0) is 51.5 Å². The smallest absolute Gasteiger partial charge is 0.237 e. The van der Waals surface area contributed by atoms with Crippen LogP contribution in [0, 0.1) is 5.41 Å². The molecule has 1 aliphatic rings. The Kier molecular flexibility index (Phi) is 4.78. The molecule has 1 heterocycles. The second kappa shape index (κ2) is 5.57. The molecule has 0 aliphatic carbocycles. The SMILES string of the molecule is CCC1(CC)CCN(C(C)CC(C)(N)C(N)=O)C1. The Bertz CT molecular complexity index is 297. The monoisotopic (exact) mass is 255 g/mol. The molecule has 18 heavy (non-hydrogen) atoms. The topological polar surface area (TPSA) is 72.3 Å². The molecule has 106 valence electrons. The third-order valence-corrected chi connectivity index (χ3v) is 4.87. The molecule has 4 heteroatoms. The molecular formula is C14H29N3O. The largest absolute Gasteiger partial charge is 0.368 e. The third kappa shape index (κ3) is 3.23. The number of hydrogen-bond acceptors (Lipinski definition) is 3. The van der Waals surface area contributed by atoms with Crippen molar-refractivity contribution < 1.29 is 4.79 Å². The van der Waals surface area contributed by atoms with Crippen molar-refractivity contribution in [2.75, 3.05) is 13.1 Å². The molecule has 2 atom stereocenters. The highest BCUT2D eigenvalue weighted by Gasteiger charge is 2.38. The molecule has 0 spiro atoms. The lowest BCUT2D eigenvalue weighted by atomic mass is 9.82. The summed E-state index contributed by atoms with van der Waals surface area (Å²) in [6, 6.07) is 0.312. The van der Waals surface area contributed by atoms with E-state index in [2.05, 4.69) is 25.7 Å². The Labute approximate surface area is 111 Å². The summed E-state index contributed by atoms with van der Waals surface area (Å²) in [5, 5.41) is 0. The number of hydrogen-bond donors (Lipinski definition) is 2. The predicted octanol–water partition coefficient (Wildman–Crippen LogP) is 1.48. The van der Waals surface area contributed by atoms with Crippen LogP contribution in [0.3, 0.4) is 0 Å². The number of carbonyl (C=O) groups excluding carboxylic acids is 1. The highest BCUT2D eigenvalue weighted by atomic mass is 16.1. The highest BCUT2D eigenvalue weighted by Crippen LogP contribution is 2.38. The summed E-state index contributed by atoms with van der Waals surface area (Å²) >= 11 is 0. The molecular weight excluding hydrogens is 226 g/mol. The zero-order valence-corrected chi connectivity index (χ0v) is 12.3. The van der Waals surface area contributed by atoms with Gasteiger partial charge in [-0.3, -0.25) is 4.79 Å². The van der Waals surface area contributed by atoms with Gasteiger partial charge in [0, 0.05) is 12.6 Å². The van der Waals surface area contributed by atoms with Crippen LogP contribution in [0.5, 0.6) is 0 Å². The molecule has 1 saturated heterocycles. The minimum Gasteiger partial charge on any atom is -0.368 e. The minimum atomic E-state index is -0.900. The zero-order chi connectivity index (χ0) is 14.0. The van der Waals surface area contributed by atoms with Gasteiger partial charge < -0.3 is 16.4 Å².